The van der Waals surface area contributed by atoms with Gasteiger partial charge in [-0.2, -0.15) is 0 Å². The van der Waals surface area contributed by atoms with E-state index >= 15 is 0 Å². The summed E-state index contributed by atoms with van der Waals surface area (Å²) in [6.07, 6.45) is 1.57. The Morgan fingerprint density at radius 1 is 1.11 bits per heavy atom. The molecule has 2 aromatic rings. The van der Waals surface area contributed by atoms with E-state index in [0.717, 1.165) is 24.3 Å². The molecule has 1 fully saturated rings. The van der Waals surface area contributed by atoms with E-state index in [0.29, 0.717) is 10.7 Å². The number of rotatable bonds is 5. The summed E-state index contributed by atoms with van der Waals surface area (Å²) in [5.41, 5.74) is 2.37. The zero-order valence-electron chi connectivity index (χ0n) is 15.6. The summed E-state index contributed by atoms with van der Waals surface area (Å²) in [6.45, 7) is 6.00. The number of hydrogen-bond acceptors (Lipinski definition) is 4. The number of thiocarbonyl (C=S) groups is 1. The van der Waals surface area contributed by atoms with Crippen LogP contribution >= 0.6 is 23.8 Å². The highest BCUT2D eigenvalue weighted by Crippen LogP contribution is 2.25. The van der Waals surface area contributed by atoms with Crippen molar-refractivity contribution in [3.05, 3.63) is 64.7 Å². The molecule has 0 radical (unpaired) electrons. The SMILES string of the molecule is CCN(CC)c1ccc(/C=C2\C(=O)NC(=S)N(c3cccc(Cl)c3)C2=O)cc1. The van der Waals surface area contributed by atoms with Crippen molar-refractivity contribution in [2.24, 2.45) is 0 Å². The van der Waals surface area contributed by atoms with Crippen LogP contribution in [0.5, 0.6) is 0 Å². The van der Waals surface area contributed by atoms with E-state index in [1.54, 1.807) is 30.3 Å². The predicted molar refractivity (Wildman–Crippen MR) is 118 cm³/mol. The van der Waals surface area contributed by atoms with E-state index in [-0.39, 0.29) is 10.7 Å². The first-order valence-electron chi connectivity index (χ1n) is 8.96. The molecule has 144 valence electrons. The smallest absolute Gasteiger partial charge is 0.270 e. The summed E-state index contributed by atoms with van der Waals surface area (Å²) in [7, 11) is 0. The highest BCUT2D eigenvalue weighted by atomic mass is 35.5. The molecule has 1 heterocycles. The molecule has 2 aromatic carbocycles. The second kappa shape index (κ2) is 8.54. The Labute approximate surface area is 174 Å². The van der Waals surface area contributed by atoms with E-state index < -0.39 is 11.8 Å². The van der Waals surface area contributed by atoms with Gasteiger partial charge in [0.15, 0.2) is 5.11 Å². The molecule has 0 aromatic heterocycles. The average molecular weight is 414 g/mol. The molecule has 5 nitrogen and oxygen atoms in total. The van der Waals surface area contributed by atoms with Crippen molar-refractivity contribution in [3.8, 4) is 0 Å². The normalized spacial score (nSPS) is 15.8. The molecular formula is C21H20ClN3O2S. The number of carbonyl (C=O) groups is 2. The Morgan fingerprint density at radius 2 is 1.79 bits per heavy atom. The molecule has 0 saturated carbocycles. The van der Waals surface area contributed by atoms with Gasteiger partial charge in [0.1, 0.15) is 5.57 Å². The largest absolute Gasteiger partial charge is 0.372 e. The number of carbonyl (C=O) groups excluding carboxylic acids is 2. The number of amides is 2. The quantitative estimate of drug-likeness (QED) is 0.457. The lowest BCUT2D eigenvalue weighted by Gasteiger charge is -2.29. The first kappa shape index (κ1) is 20.0. The molecule has 28 heavy (non-hydrogen) atoms. The first-order chi connectivity index (χ1) is 13.4. The van der Waals surface area contributed by atoms with Crippen LogP contribution in [0.3, 0.4) is 0 Å². The molecule has 1 aliphatic heterocycles. The Kier molecular flexibility index (Phi) is 6.11. The average Bonchev–Trinajstić information content (AvgIpc) is 2.67. The monoisotopic (exact) mass is 413 g/mol. The van der Waals surface area contributed by atoms with Crippen molar-refractivity contribution < 1.29 is 9.59 Å². The molecule has 1 N–H and O–H groups in total. The molecule has 0 unspecified atom stereocenters. The molecule has 0 atom stereocenters. The number of benzene rings is 2. The van der Waals surface area contributed by atoms with Crippen LogP contribution in [0.2, 0.25) is 5.02 Å². The summed E-state index contributed by atoms with van der Waals surface area (Å²) in [6, 6.07) is 14.5. The molecule has 0 spiro atoms. The Hall–Kier alpha value is -2.70. The molecule has 0 bridgehead atoms. The van der Waals surface area contributed by atoms with Crippen molar-refractivity contribution in [1.82, 2.24) is 5.32 Å². The van der Waals surface area contributed by atoms with Gasteiger partial charge >= 0.3 is 0 Å². The van der Waals surface area contributed by atoms with Crippen LogP contribution in [-0.2, 0) is 9.59 Å². The van der Waals surface area contributed by atoms with E-state index in [1.165, 1.54) is 4.90 Å². The summed E-state index contributed by atoms with van der Waals surface area (Å²) in [5, 5.41) is 3.08. The topological polar surface area (TPSA) is 52.7 Å². The second-order valence-electron chi connectivity index (χ2n) is 6.20. The van der Waals surface area contributed by atoms with Gasteiger partial charge in [0.05, 0.1) is 5.69 Å². The van der Waals surface area contributed by atoms with Gasteiger partial charge in [0, 0.05) is 23.8 Å². The van der Waals surface area contributed by atoms with E-state index in [2.05, 4.69) is 24.1 Å². The fourth-order valence-corrected chi connectivity index (χ4v) is 3.51. The van der Waals surface area contributed by atoms with Gasteiger partial charge in [0.25, 0.3) is 11.8 Å². The molecule has 7 heteroatoms. The fourth-order valence-electron chi connectivity index (χ4n) is 3.04. The number of anilines is 2. The molecule has 0 aliphatic carbocycles. The summed E-state index contributed by atoms with van der Waals surface area (Å²) in [5.74, 6) is -0.995. The van der Waals surface area contributed by atoms with Crippen LogP contribution in [0.15, 0.2) is 54.1 Å². The van der Waals surface area contributed by atoms with Crippen molar-refractivity contribution in [2.45, 2.75) is 13.8 Å². The Morgan fingerprint density at radius 3 is 2.39 bits per heavy atom. The molecule has 1 aliphatic rings. The third kappa shape index (κ3) is 4.08. The molecule has 2 amide bonds. The van der Waals surface area contributed by atoms with Crippen molar-refractivity contribution >= 4 is 58.2 Å². The maximum Gasteiger partial charge on any atom is 0.270 e. The molecule has 1 saturated heterocycles. The van der Waals surface area contributed by atoms with Crippen LogP contribution in [0.25, 0.3) is 6.08 Å². The minimum Gasteiger partial charge on any atom is -0.372 e. The number of nitrogens with one attached hydrogen (secondary N) is 1. The highest BCUT2D eigenvalue weighted by Gasteiger charge is 2.34. The molecule has 3 rings (SSSR count). The minimum atomic E-state index is -0.513. The fraction of sp³-hybridized carbons (Fsp3) is 0.190. The summed E-state index contributed by atoms with van der Waals surface area (Å²) in [4.78, 5) is 28.9. The van der Waals surface area contributed by atoms with Crippen LogP contribution in [0.1, 0.15) is 19.4 Å². The number of hydrogen-bond donors (Lipinski definition) is 1. The van der Waals surface area contributed by atoms with Crippen LogP contribution in [0, 0.1) is 0 Å². The highest BCUT2D eigenvalue weighted by molar-refractivity contribution is 7.80. The van der Waals surface area contributed by atoms with Gasteiger partial charge in [-0.05, 0) is 68.0 Å². The lowest BCUT2D eigenvalue weighted by molar-refractivity contribution is -0.122. The predicted octanol–water partition coefficient (Wildman–Crippen LogP) is 4.02. The first-order valence-corrected chi connectivity index (χ1v) is 9.75. The van der Waals surface area contributed by atoms with Crippen molar-refractivity contribution in [3.63, 3.8) is 0 Å². The lowest BCUT2D eigenvalue weighted by atomic mass is 10.1. The van der Waals surface area contributed by atoms with Crippen molar-refractivity contribution in [2.75, 3.05) is 22.9 Å². The van der Waals surface area contributed by atoms with Gasteiger partial charge in [-0.1, -0.05) is 29.8 Å². The van der Waals surface area contributed by atoms with Gasteiger partial charge in [0.2, 0.25) is 0 Å². The zero-order chi connectivity index (χ0) is 20.3. The third-order valence-corrected chi connectivity index (χ3v) is 5.02. The van der Waals surface area contributed by atoms with E-state index in [1.807, 2.05) is 24.3 Å². The number of halogens is 1. The third-order valence-electron chi connectivity index (χ3n) is 4.50. The minimum absolute atomic E-state index is 0.0177. The zero-order valence-corrected chi connectivity index (χ0v) is 17.2. The van der Waals surface area contributed by atoms with Crippen LogP contribution in [-0.4, -0.2) is 30.0 Å². The number of nitrogens with zero attached hydrogens (tertiary/aromatic N) is 2. The Bertz CT molecular complexity index is 952. The van der Waals surface area contributed by atoms with Gasteiger partial charge in [-0.3, -0.25) is 19.8 Å². The summed E-state index contributed by atoms with van der Waals surface area (Å²) >= 11 is 11.2. The summed E-state index contributed by atoms with van der Waals surface area (Å²) < 4.78 is 0. The maximum atomic E-state index is 13.0. The van der Waals surface area contributed by atoms with Gasteiger partial charge in [-0.15, -0.1) is 0 Å². The molecular weight excluding hydrogens is 394 g/mol. The van der Waals surface area contributed by atoms with Crippen LogP contribution in [0.4, 0.5) is 11.4 Å². The standard InChI is InChI=1S/C21H20ClN3O2S/c1-3-24(4-2)16-10-8-14(9-11-16)12-18-19(26)23-21(28)25(20(18)27)17-7-5-6-15(22)13-17/h5-13H,3-4H2,1-2H3,(H,23,26,28)/b18-12+. The van der Waals surface area contributed by atoms with E-state index in [9.17, 15) is 9.59 Å². The van der Waals surface area contributed by atoms with Gasteiger partial charge < -0.3 is 4.90 Å². The Balaban J connectivity index is 1.93. The lowest BCUT2D eigenvalue weighted by Crippen LogP contribution is -2.54. The second-order valence-corrected chi connectivity index (χ2v) is 7.02. The van der Waals surface area contributed by atoms with Gasteiger partial charge in [-0.25, -0.2) is 0 Å². The van der Waals surface area contributed by atoms with Crippen molar-refractivity contribution in [1.29, 1.82) is 0 Å². The van der Waals surface area contributed by atoms with Crippen LogP contribution < -0.4 is 15.1 Å². The maximum absolute atomic E-state index is 13.0. The van der Waals surface area contributed by atoms with E-state index in [4.69, 9.17) is 23.8 Å².